The molecule has 34 heavy (non-hydrogen) atoms. The molecule has 0 unspecified atom stereocenters. The summed E-state index contributed by atoms with van der Waals surface area (Å²) in [5.41, 5.74) is 5.99. The molecule has 2 aliphatic heterocycles. The Morgan fingerprint density at radius 3 is 2.56 bits per heavy atom. The fraction of sp³-hybridized carbons (Fsp3) is 0.259. The zero-order valence-corrected chi connectivity index (χ0v) is 20.6. The fourth-order valence-electron chi connectivity index (χ4n) is 4.59. The van der Waals surface area contributed by atoms with Gasteiger partial charge in [-0.1, -0.05) is 48.0 Å². The lowest BCUT2D eigenvalue weighted by Crippen LogP contribution is -2.54. The Morgan fingerprint density at radius 1 is 1.03 bits per heavy atom. The van der Waals surface area contributed by atoms with E-state index >= 15 is 0 Å². The molecular weight excluding hydrogens is 469 g/mol. The van der Waals surface area contributed by atoms with E-state index in [1.54, 1.807) is 30.0 Å². The average Bonchev–Trinajstić information content (AvgIpc) is 2.97. The summed E-state index contributed by atoms with van der Waals surface area (Å²) in [6.45, 7) is 4.27. The van der Waals surface area contributed by atoms with Crippen LogP contribution in [-0.2, 0) is 0 Å². The molecule has 5 rings (SSSR count). The maximum atomic E-state index is 14.9. The van der Waals surface area contributed by atoms with Crippen LogP contribution in [0.1, 0.15) is 54.6 Å². The zero-order chi connectivity index (χ0) is 23.8. The molecule has 1 fully saturated rings. The van der Waals surface area contributed by atoms with Crippen molar-refractivity contribution in [3.05, 3.63) is 88.2 Å². The van der Waals surface area contributed by atoms with E-state index in [0.717, 1.165) is 28.2 Å². The lowest BCUT2D eigenvalue weighted by molar-refractivity contribution is 0.0370. The Bertz CT molecular complexity index is 1280. The van der Waals surface area contributed by atoms with Gasteiger partial charge in [0.15, 0.2) is 0 Å². The first-order valence-corrected chi connectivity index (χ1v) is 12.6. The Morgan fingerprint density at radius 2 is 1.79 bits per heavy atom. The Balaban J connectivity index is 1.55. The molecule has 1 amide bonds. The highest BCUT2D eigenvalue weighted by Crippen LogP contribution is 2.42. The number of carbonyl (C=O) groups is 1. The average molecular weight is 494 g/mol. The van der Waals surface area contributed by atoms with Crippen molar-refractivity contribution in [3.8, 4) is 0 Å². The molecule has 0 aromatic heterocycles. The lowest BCUT2D eigenvalue weighted by Gasteiger charge is -2.38. The maximum absolute atomic E-state index is 14.9. The first-order chi connectivity index (χ1) is 16.4. The van der Waals surface area contributed by atoms with E-state index in [4.69, 9.17) is 16.6 Å². The van der Waals surface area contributed by atoms with E-state index in [1.807, 2.05) is 36.4 Å². The number of hydrogen-bond acceptors (Lipinski definition) is 4. The number of piperidine rings is 1. The highest BCUT2D eigenvalue weighted by atomic mass is 35.5. The molecule has 7 heteroatoms. The van der Waals surface area contributed by atoms with Crippen LogP contribution in [0.4, 0.5) is 10.1 Å². The van der Waals surface area contributed by atoms with Gasteiger partial charge in [-0.2, -0.15) is 0 Å². The highest BCUT2D eigenvalue weighted by molar-refractivity contribution is 7.99. The molecule has 0 saturated carbocycles. The van der Waals surface area contributed by atoms with Gasteiger partial charge in [-0.3, -0.25) is 10.2 Å². The van der Waals surface area contributed by atoms with Gasteiger partial charge < -0.3 is 0 Å². The minimum atomic E-state index is -0.434. The quantitative estimate of drug-likeness (QED) is 0.333. The summed E-state index contributed by atoms with van der Waals surface area (Å²) in [6.07, 6.45) is 3.29. The fourth-order valence-corrected chi connectivity index (χ4v) is 5.76. The number of hydrogen-bond donors (Lipinski definition) is 1. The van der Waals surface area contributed by atoms with Gasteiger partial charge in [-0.05, 0) is 69.2 Å². The van der Waals surface area contributed by atoms with Crippen LogP contribution < -0.4 is 5.43 Å². The van der Waals surface area contributed by atoms with E-state index in [-0.39, 0.29) is 18.0 Å². The van der Waals surface area contributed by atoms with Crippen LogP contribution >= 0.6 is 23.4 Å². The minimum absolute atomic E-state index is 0.162. The van der Waals surface area contributed by atoms with Crippen molar-refractivity contribution in [2.75, 3.05) is 0 Å². The molecule has 0 aliphatic carbocycles. The lowest BCUT2D eigenvalue weighted by atomic mass is 10.00. The third-order valence-electron chi connectivity index (χ3n) is 6.43. The van der Waals surface area contributed by atoms with Crippen LogP contribution in [0, 0.1) is 5.82 Å². The van der Waals surface area contributed by atoms with Gasteiger partial charge in [-0.15, -0.1) is 0 Å². The van der Waals surface area contributed by atoms with Gasteiger partial charge in [0, 0.05) is 43.6 Å². The number of amides is 1. The molecule has 0 bridgehead atoms. The molecule has 2 heterocycles. The monoisotopic (exact) mass is 493 g/mol. The van der Waals surface area contributed by atoms with Gasteiger partial charge >= 0.3 is 0 Å². The van der Waals surface area contributed by atoms with Crippen LogP contribution in [0.5, 0.6) is 0 Å². The van der Waals surface area contributed by atoms with Gasteiger partial charge in [0.2, 0.25) is 0 Å². The number of nitrogens with zero attached hydrogens (tertiary/aromatic N) is 2. The molecule has 0 radical (unpaired) electrons. The van der Waals surface area contributed by atoms with E-state index in [2.05, 4.69) is 24.3 Å². The number of halogens is 2. The molecule has 1 saturated heterocycles. The summed E-state index contributed by atoms with van der Waals surface area (Å²) in [6, 6.07) is 18.5. The van der Waals surface area contributed by atoms with Crippen molar-refractivity contribution >= 4 is 40.7 Å². The van der Waals surface area contributed by atoms with Crippen LogP contribution in [-0.4, -0.2) is 28.7 Å². The van der Waals surface area contributed by atoms with Crippen LogP contribution in [0.25, 0.3) is 0 Å². The molecule has 4 nitrogen and oxygen atoms in total. The Labute approximate surface area is 208 Å². The van der Waals surface area contributed by atoms with Gasteiger partial charge in [0.25, 0.3) is 5.91 Å². The standard InChI is InChI=1S/C27H25ClFN3OS/c1-16-6-5-7-17(2)32(16)31-27(33)18-10-13-25-23(14-18)30-26(20-12-11-19(28)15-22(20)29)21-8-3-4-9-24(21)34-25/h3-4,8-17H,5-7H2,1-2H3,(H,31,33)/t16-,17+. The maximum Gasteiger partial charge on any atom is 0.265 e. The molecule has 1 N–H and O–H groups in total. The first kappa shape index (κ1) is 23.1. The van der Waals surface area contributed by atoms with E-state index in [1.165, 1.54) is 12.5 Å². The van der Waals surface area contributed by atoms with Gasteiger partial charge in [-0.25, -0.2) is 14.4 Å². The minimum Gasteiger partial charge on any atom is -0.284 e. The number of carbonyl (C=O) groups excluding carboxylic acids is 1. The summed E-state index contributed by atoms with van der Waals surface area (Å²) in [5.74, 6) is -0.596. The summed E-state index contributed by atoms with van der Waals surface area (Å²) >= 11 is 7.56. The second-order valence-electron chi connectivity index (χ2n) is 8.84. The predicted molar refractivity (Wildman–Crippen MR) is 136 cm³/mol. The van der Waals surface area contributed by atoms with Crippen molar-refractivity contribution in [1.82, 2.24) is 10.4 Å². The van der Waals surface area contributed by atoms with Crippen LogP contribution in [0.2, 0.25) is 5.02 Å². The van der Waals surface area contributed by atoms with Crippen LogP contribution in [0.15, 0.2) is 75.4 Å². The van der Waals surface area contributed by atoms with Crippen molar-refractivity contribution in [1.29, 1.82) is 0 Å². The van der Waals surface area contributed by atoms with Gasteiger partial charge in [0.1, 0.15) is 5.82 Å². The molecule has 174 valence electrons. The molecule has 0 spiro atoms. The summed E-state index contributed by atoms with van der Waals surface area (Å²) in [7, 11) is 0. The van der Waals surface area contributed by atoms with Crippen LogP contribution in [0.3, 0.4) is 0 Å². The second-order valence-corrected chi connectivity index (χ2v) is 10.4. The van der Waals surface area contributed by atoms with Crippen molar-refractivity contribution < 1.29 is 9.18 Å². The highest BCUT2D eigenvalue weighted by Gasteiger charge is 2.27. The van der Waals surface area contributed by atoms with Gasteiger partial charge in [0.05, 0.1) is 11.4 Å². The number of hydrazine groups is 1. The third kappa shape index (κ3) is 4.50. The normalized spacial score (nSPS) is 20.1. The molecule has 3 aromatic carbocycles. The number of rotatable bonds is 3. The smallest absolute Gasteiger partial charge is 0.265 e. The van der Waals surface area contributed by atoms with Crippen molar-refractivity contribution in [2.45, 2.75) is 55.0 Å². The van der Waals surface area contributed by atoms with Crippen molar-refractivity contribution in [3.63, 3.8) is 0 Å². The Hall–Kier alpha value is -2.67. The predicted octanol–water partition coefficient (Wildman–Crippen LogP) is 7.02. The summed E-state index contributed by atoms with van der Waals surface area (Å²) in [4.78, 5) is 19.9. The summed E-state index contributed by atoms with van der Waals surface area (Å²) in [5, 5.41) is 2.39. The third-order valence-corrected chi connectivity index (χ3v) is 7.80. The van der Waals surface area contributed by atoms with E-state index in [0.29, 0.717) is 27.5 Å². The molecule has 2 aliphatic rings. The topological polar surface area (TPSA) is 44.7 Å². The molecular formula is C27H25ClFN3OS. The summed E-state index contributed by atoms with van der Waals surface area (Å²) < 4.78 is 14.9. The number of aliphatic imine (C=N–C) groups is 1. The first-order valence-electron chi connectivity index (χ1n) is 11.5. The number of nitrogens with one attached hydrogen (secondary N) is 1. The second kappa shape index (κ2) is 9.53. The number of fused-ring (bicyclic) bond motifs is 2. The molecule has 3 aromatic rings. The SMILES string of the molecule is C[C@@H]1CCC[C@H](C)N1NC(=O)c1ccc2c(c1)N=C(c1ccc(Cl)cc1F)c1ccccc1S2. The number of benzene rings is 3. The largest absolute Gasteiger partial charge is 0.284 e. The van der Waals surface area contributed by atoms with E-state index in [9.17, 15) is 9.18 Å². The molecule has 2 atom stereocenters. The Kier molecular flexibility index (Phi) is 6.47. The van der Waals surface area contributed by atoms with Crippen molar-refractivity contribution in [2.24, 2.45) is 4.99 Å². The van der Waals surface area contributed by atoms with E-state index < -0.39 is 5.82 Å². The zero-order valence-electron chi connectivity index (χ0n) is 19.0.